The lowest BCUT2D eigenvalue weighted by Gasteiger charge is -2.36. The van der Waals surface area contributed by atoms with Gasteiger partial charge in [-0.2, -0.15) is 0 Å². The van der Waals surface area contributed by atoms with E-state index in [2.05, 4.69) is 19.2 Å². The third-order valence-corrected chi connectivity index (χ3v) is 5.35. The summed E-state index contributed by atoms with van der Waals surface area (Å²) in [5.74, 6) is -1.41. The number of benzene rings is 1. The third-order valence-electron chi connectivity index (χ3n) is 5.35. The Morgan fingerprint density at radius 1 is 1.31 bits per heavy atom. The first-order valence-electron chi connectivity index (χ1n) is 11.8. The molecular weight excluding hydrogens is 320 g/mol. The highest BCUT2D eigenvalue weighted by Crippen LogP contribution is 2.33. The molecule has 0 saturated heterocycles. The standard InChI is InChI=1S/C23H38N2O/c1-8-9-10-25(17(5)11-15(2)3)18(6)13-20-19(7)16(4)12-22-21(20)14-23(26)24-22/h12,15,17-18H,8-11,13-14H2,1-7H3,(H,24,26)/i11D2,15D,17D. The smallest absolute Gasteiger partial charge is 0.228 e. The Hall–Kier alpha value is -1.35. The first kappa shape index (κ1) is 15.7. The maximum atomic E-state index is 12.0. The average Bonchev–Trinajstić information content (AvgIpc) is 2.97. The van der Waals surface area contributed by atoms with Gasteiger partial charge in [-0.1, -0.05) is 27.2 Å². The highest BCUT2D eigenvalue weighted by Gasteiger charge is 2.27. The Morgan fingerprint density at radius 2 is 2.00 bits per heavy atom. The second kappa shape index (κ2) is 9.03. The molecule has 1 aliphatic rings. The summed E-state index contributed by atoms with van der Waals surface area (Å²) < 4.78 is 34.7. The van der Waals surface area contributed by atoms with Gasteiger partial charge in [0.25, 0.3) is 0 Å². The quantitative estimate of drug-likeness (QED) is 0.649. The summed E-state index contributed by atoms with van der Waals surface area (Å²) in [7, 11) is 0. The number of carbonyl (C=O) groups excluding carboxylic acids is 1. The fourth-order valence-corrected chi connectivity index (χ4v) is 3.87. The average molecular weight is 363 g/mol. The normalized spacial score (nSPS) is 20.5. The van der Waals surface area contributed by atoms with Gasteiger partial charge in [-0.05, 0) is 87.7 Å². The SMILES string of the molecule is [2H]C(C)(C)C([2H])([2H])C([2H])(C)N(CCCC)C(C)Cc1c(C)c(C)cc2c1CC(=O)N2. The molecule has 3 nitrogen and oxygen atoms in total. The van der Waals surface area contributed by atoms with Crippen LogP contribution in [0.1, 0.15) is 81.6 Å². The zero-order valence-corrected chi connectivity index (χ0v) is 17.5. The van der Waals surface area contributed by atoms with Crippen molar-refractivity contribution in [2.45, 2.75) is 92.6 Å². The van der Waals surface area contributed by atoms with Gasteiger partial charge in [-0.25, -0.2) is 0 Å². The molecular formula is C23H38N2O. The summed E-state index contributed by atoms with van der Waals surface area (Å²) in [6.07, 6.45) is 0.773. The molecule has 2 atom stereocenters. The van der Waals surface area contributed by atoms with E-state index in [4.69, 9.17) is 5.48 Å². The van der Waals surface area contributed by atoms with E-state index in [1.54, 1.807) is 6.92 Å². The molecule has 3 heteroatoms. The Balaban J connectivity index is 2.45. The predicted octanol–water partition coefficient (Wildman–Crippen LogP) is 5.27. The van der Waals surface area contributed by atoms with Crippen molar-refractivity contribution in [1.82, 2.24) is 4.90 Å². The van der Waals surface area contributed by atoms with E-state index in [0.717, 1.165) is 40.8 Å². The van der Waals surface area contributed by atoms with E-state index in [1.807, 2.05) is 24.8 Å². The van der Waals surface area contributed by atoms with Gasteiger partial charge in [-0.15, -0.1) is 0 Å². The van der Waals surface area contributed by atoms with Crippen molar-refractivity contribution in [3.05, 3.63) is 28.3 Å². The van der Waals surface area contributed by atoms with Crippen LogP contribution in [-0.4, -0.2) is 29.4 Å². The molecule has 0 spiro atoms. The topological polar surface area (TPSA) is 32.3 Å². The highest BCUT2D eigenvalue weighted by atomic mass is 16.1. The summed E-state index contributed by atoms with van der Waals surface area (Å²) >= 11 is 0. The number of anilines is 1. The number of rotatable bonds is 9. The van der Waals surface area contributed by atoms with Gasteiger partial charge in [0.05, 0.1) is 6.42 Å². The number of aryl methyl sites for hydroxylation is 1. The molecule has 1 amide bonds. The molecule has 146 valence electrons. The number of carbonyl (C=O) groups is 1. The summed E-state index contributed by atoms with van der Waals surface area (Å²) in [4.78, 5) is 13.9. The fraction of sp³-hybridized carbons (Fsp3) is 0.696. The first-order valence-corrected chi connectivity index (χ1v) is 9.83. The molecule has 1 aromatic carbocycles. The molecule has 0 bridgehead atoms. The summed E-state index contributed by atoms with van der Waals surface area (Å²) in [5.41, 5.74) is 5.30. The maximum Gasteiger partial charge on any atom is 0.228 e. The predicted molar refractivity (Wildman–Crippen MR) is 112 cm³/mol. The molecule has 1 aliphatic heterocycles. The summed E-state index contributed by atoms with van der Waals surface area (Å²) in [6, 6.07) is 0.341. The fourth-order valence-electron chi connectivity index (χ4n) is 3.87. The van der Waals surface area contributed by atoms with Gasteiger partial charge in [-0.3, -0.25) is 9.69 Å². The second-order valence-corrected chi connectivity index (χ2v) is 7.86. The van der Waals surface area contributed by atoms with Crippen molar-refractivity contribution >= 4 is 11.6 Å². The zero-order chi connectivity index (χ0) is 23.1. The van der Waals surface area contributed by atoms with Crippen LogP contribution in [0.3, 0.4) is 0 Å². The molecule has 2 unspecified atom stereocenters. The van der Waals surface area contributed by atoms with Crippen molar-refractivity contribution in [3.8, 4) is 0 Å². The molecule has 0 radical (unpaired) electrons. The number of nitrogens with one attached hydrogen (secondary N) is 1. The lowest BCUT2D eigenvalue weighted by atomic mass is 9.90. The van der Waals surface area contributed by atoms with E-state index in [1.165, 1.54) is 13.8 Å². The van der Waals surface area contributed by atoms with Gasteiger partial charge in [0, 0.05) is 23.2 Å². The molecule has 26 heavy (non-hydrogen) atoms. The Morgan fingerprint density at radius 3 is 2.62 bits per heavy atom. The van der Waals surface area contributed by atoms with Gasteiger partial charge in [0.1, 0.15) is 0 Å². The van der Waals surface area contributed by atoms with Crippen LogP contribution >= 0.6 is 0 Å². The maximum absolute atomic E-state index is 12.0. The van der Waals surface area contributed by atoms with Crippen LogP contribution in [0.5, 0.6) is 0 Å². The number of fused-ring (bicyclic) bond motifs is 1. The molecule has 1 heterocycles. The molecule has 0 fully saturated rings. The van der Waals surface area contributed by atoms with E-state index in [0.29, 0.717) is 19.4 Å². The van der Waals surface area contributed by atoms with E-state index in [-0.39, 0.29) is 11.9 Å². The second-order valence-electron chi connectivity index (χ2n) is 7.86. The van der Waals surface area contributed by atoms with Gasteiger partial charge < -0.3 is 5.32 Å². The lowest BCUT2D eigenvalue weighted by molar-refractivity contribution is -0.115. The largest absolute Gasteiger partial charge is 0.326 e. The summed E-state index contributed by atoms with van der Waals surface area (Å²) in [6.45, 7) is 13.5. The third kappa shape index (κ3) is 4.88. The number of nitrogens with zero attached hydrogens (tertiary/aromatic N) is 1. The van der Waals surface area contributed by atoms with Crippen LogP contribution in [-0.2, 0) is 17.6 Å². The Labute approximate surface area is 166 Å². The van der Waals surface area contributed by atoms with Crippen molar-refractivity contribution in [2.24, 2.45) is 5.89 Å². The Bertz CT molecular complexity index is 799. The van der Waals surface area contributed by atoms with E-state index >= 15 is 0 Å². The minimum Gasteiger partial charge on any atom is -0.326 e. The molecule has 0 aliphatic carbocycles. The van der Waals surface area contributed by atoms with Crippen LogP contribution in [0.25, 0.3) is 0 Å². The van der Waals surface area contributed by atoms with Crippen LogP contribution in [0.15, 0.2) is 6.07 Å². The van der Waals surface area contributed by atoms with Crippen molar-refractivity contribution in [3.63, 3.8) is 0 Å². The van der Waals surface area contributed by atoms with Crippen LogP contribution in [0.2, 0.25) is 0 Å². The van der Waals surface area contributed by atoms with Crippen molar-refractivity contribution < 1.29 is 10.3 Å². The van der Waals surface area contributed by atoms with Crippen molar-refractivity contribution in [1.29, 1.82) is 0 Å². The van der Waals surface area contributed by atoms with Gasteiger partial charge in [0.15, 0.2) is 0 Å². The highest BCUT2D eigenvalue weighted by molar-refractivity contribution is 6.00. The minimum absolute atomic E-state index is 0.00404. The monoisotopic (exact) mass is 362 g/mol. The number of unbranched alkanes of at least 4 members (excludes halogenated alkanes) is 1. The van der Waals surface area contributed by atoms with Gasteiger partial charge in [0.2, 0.25) is 5.91 Å². The molecule has 2 rings (SSSR count). The van der Waals surface area contributed by atoms with Crippen LogP contribution in [0.4, 0.5) is 5.69 Å². The zero-order valence-electron chi connectivity index (χ0n) is 21.5. The summed E-state index contributed by atoms with van der Waals surface area (Å²) in [5, 5.41) is 2.94. The van der Waals surface area contributed by atoms with E-state index in [9.17, 15) is 4.79 Å². The van der Waals surface area contributed by atoms with Crippen LogP contribution in [0, 0.1) is 19.7 Å². The number of hydrogen-bond donors (Lipinski definition) is 1. The van der Waals surface area contributed by atoms with Gasteiger partial charge >= 0.3 is 0 Å². The van der Waals surface area contributed by atoms with Crippen molar-refractivity contribution in [2.75, 3.05) is 11.9 Å². The number of amides is 1. The minimum atomic E-state index is -2.04. The van der Waals surface area contributed by atoms with E-state index < -0.39 is 18.3 Å². The molecule has 0 saturated carbocycles. The number of hydrogen-bond acceptors (Lipinski definition) is 2. The molecule has 0 aromatic heterocycles. The Kier molecular flexibility index (Phi) is 5.45. The molecule has 1 N–H and O–H groups in total. The van der Waals surface area contributed by atoms with Crippen LogP contribution < -0.4 is 5.32 Å². The molecule has 1 aromatic rings. The lowest BCUT2D eigenvalue weighted by Crippen LogP contribution is -2.42. The first-order chi connectivity index (χ1) is 13.6.